The second-order valence-corrected chi connectivity index (χ2v) is 0.632. The van der Waals surface area contributed by atoms with Crippen molar-refractivity contribution in [2.75, 3.05) is 13.2 Å². The first kappa shape index (κ1) is 119. The maximum Gasteiger partial charge on any atom is 0.0402 e. The Hall–Kier alpha value is -0.0800. The van der Waals surface area contributed by atoms with E-state index in [1.165, 1.54) is 0 Å². The van der Waals surface area contributed by atoms with Gasteiger partial charge < -0.3 is 10.2 Å². The Morgan fingerprint density at radius 3 is 0.615 bits per heavy atom. The van der Waals surface area contributed by atoms with Crippen molar-refractivity contribution in [1.29, 1.82) is 0 Å². The van der Waals surface area contributed by atoms with Gasteiger partial charge in [-0.25, -0.2) is 0 Å². The Morgan fingerprint density at radius 1 is 0.615 bits per heavy atom. The topological polar surface area (TPSA) is 40.5 Å². The van der Waals surface area contributed by atoms with E-state index in [1.54, 1.807) is 13.8 Å². The first-order valence-electron chi connectivity index (χ1n) is 2.05. The van der Waals surface area contributed by atoms with Crippen molar-refractivity contribution in [1.82, 2.24) is 0 Å². The highest BCUT2D eigenvalue weighted by atomic mass is 16.3. The normalized spacial score (nSPS) is 2.77. The summed E-state index contributed by atoms with van der Waals surface area (Å²) in [5, 5.41) is 15.1. The summed E-state index contributed by atoms with van der Waals surface area (Å²) in [7, 11) is 0. The van der Waals surface area contributed by atoms with Gasteiger partial charge in [0.05, 0.1) is 0 Å². The molecule has 0 aromatic heterocycles. The van der Waals surface area contributed by atoms with Crippen LogP contribution in [0.4, 0.5) is 0 Å². The number of rotatable bonds is 0. The van der Waals surface area contributed by atoms with Crippen molar-refractivity contribution in [3.8, 4) is 0 Å². The van der Waals surface area contributed by atoms with Crippen LogP contribution in [0.15, 0.2) is 0 Å². The van der Waals surface area contributed by atoms with Gasteiger partial charge in [0.2, 0.25) is 0 Å². The van der Waals surface area contributed by atoms with Gasteiger partial charge in [0.15, 0.2) is 0 Å². The number of hydrogen-bond acceptors (Lipinski definition) is 2. The van der Waals surface area contributed by atoms with Crippen LogP contribution in [0.1, 0.15) is 67.3 Å². The Morgan fingerprint density at radius 2 is 0.615 bits per heavy atom. The summed E-state index contributed by atoms with van der Waals surface area (Å²) in [5.41, 5.74) is 0. The van der Waals surface area contributed by atoms with Gasteiger partial charge in [-0.2, -0.15) is 0 Å². The fourth-order valence-electron chi connectivity index (χ4n) is 0. The SMILES string of the molecule is C.C.C.C.C.C.C.CCO.CCO.[2HH]. The molecular formula is C11H42O2. The molecule has 0 aromatic rings. The van der Waals surface area contributed by atoms with Crippen LogP contribution in [0.2, 0.25) is 0 Å². The van der Waals surface area contributed by atoms with Gasteiger partial charge in [0.25, 0.3) is 0 Å². The van der Waals surface area contributed by atoms with Crippen LogP contribution in [-0.4, -0.2) is 23.4 Å². The number of aliphatic hydroxyl groups excluding tert-OH is 2. The predicted molar refractivity (Wildman–Crippen MR) is 74.8 cm³/mol. The van der Waals surface area contributed by atoms with Crippen molar-refractivity contribution < 1.29 is 11.6 Å². The Labute approximate surface area is 91.5 Å². The Kier molecular flexibility index (Phi) is 3540. The van der Waals surface area contributed by atoms with Crippen LogP contribution in [0.25, 0.3) is 0 Å². The van der Waals surface area contributed by atoms with Crippen LogP contribution in [0, 0.1) is 0 Å². The molecule has 0 aliphatic rings. The lowest BCUT2D eigenvalue weighted by atomic mass is 10.9. The second kappa shape index (κ2) is 386. The highest BCUT2D eigenvalue weighted by molar-refractivity contribution is 3.84. The molecule has 0 radical (unpaired) electrons. The first-order chi connectivity index (χ1) is 2.83. The fraction of sp³-hybridized carbons (Fsp3) is 1.00. The molecule has 0 rings (SSSR count). The molecule has 0 aromatic carbocycles. The van der Waals surface area contributed by atoms with Gasteiger partial charge in [-0.15, -0.1) is 0 Å². The third-order valence-corrected chi connectivity index (χ3v) is 0. The molecule has 2 N–H and O–H groups in total. The highest BCUT2D eigenvalue weighted by Gasteiger charge is 1.34. The monoisotopic (exact) mass is 207 g/mol. The zero-order valence-electron chi connectivity index (χ0n) is 4.31. The quantitative estimate of drug-likeness (QED) is 0.604. The van der Waals surface area contributed by atoms with Crippen LogP contribution in [0.5, 0.6) is 0 Å². The summed E-state index contributed by atoms with van der Waals surface area (Å²) in [6, 6.07) is 0. The van der Waals surface area contributed by atoms with Crippen molar-refractivity contribution >= 4 is 0 Å². The summed E-state index contributed by atoms with van der Waals surface area (Å²) < 4.78 is 0. The van der Waals surface area contributed by atoms with Gasteiger partial charge in [-0.1, -0.05) is 52.0 Å². The third-order valence-electron chi connectivity index (χ3n) is 0. The molecule has 0 unspecified atom stereocenters. The van der Waals surface area contributed by atoms with E-state index < -0.39 is 0 Å². The summed E-state index contributed by atoms with van der Waals surface area (Å²) in [6.45, 7) is 3.86. The molecule has 0 aliphatic heterocycles. The summed E-state index contributed by atoms with van der Waals surface area (Å²) in [6.07, 6.45) is 0. The Balaban J connectivity index is -0.00000000182. The lowest BCUT2D eigenvalue weighted by Crippen LogP contribution is -1.57. The van der Waals surface area contributed by atoms with Gasteiger partial charge in [-0.05, 0) is 13.8 Å². The van der Waals surface area contributed by atoms with Crippen LogP contribution >= 0.6 is 0 Å². The maximum absolute atomic E-state index is 7.57. The number of aliphatic hydroxyl groups is 2. The molecular weight excluding hydrogens is 164 g/mol. The van der Waals surface area contributed by atoms with Crippen LogP contribution in [-0.2, 0) is 0 Å². The predicted octanol–water partition coefficient (Wildman–Crippen LogP) is 4.70. The zero-order valence-corrected chi connectivity index (χ0v) is 4.31. The molecule has 0 heterocycles. The molecule has 98 valence electrons. The average Bonchev–Trinajstić information content (AvgIpc) is 1.39. The van der Waals surface area contributed by atoms with Crippen molar-refractivity contribution in [3.63, 3.8) is 0 Å². The number of hydrogen-bond donors (Lipinski definition) is 2. The standard InChI is InChI=1S/2C2H6O.7CH4.H2/c2*1-2-3;;;;;;;;/h2*3H,2H2,1H3;7*1H4;1H/i;;;;;;;;;1+1. The maximum atomic E-state index is 7.57. The highest BCUT2D eigenvalue weighted by Crippen LogP contribution is 1.30. The molecule has 0 saturated carbocycles. The van der Waals surface area contributed by atoms with E-state index in [4.69, 9.17) is 10.2 Å². The van der Waals surface area contributed by atoms with E-state index in [9.17, 15) is 0 Å². The van der Waals surface area contributed by atoms with Crippen molar-refractivity contribution in [2.24, 2.45) is 0 Å². The summed E-state index contributed by atoms with van der Waals surface area (Å²) in [5.74, 6) is 0. The fourth-order valence-corrected chi connectivity index (χ4v) is 0. The Bertz CT molecular complexity index is 15.2. The lowest BCUT2D eigenvalue weighted by molar-refractivity contribution is 0.318. The van der Waals surface area contributed by atoms with Crippen LogP contribution < -0.4 is 0 Å². The molecule has 2 heteroatoms. The largest absolute Gasteiger partial charge is 0.397 e. The van der Waals surface area contributed by atoms with Crippen molar-refractivity contribution in [2.45, 2.75) is 65.8 Å². The lowest BCUT2D eigenvalue weighted by Gasteiger charge is -1.52. The molecule has 0 bridgehead atoms. The molecule has 2 nitrogen and oxygen atoms in total. The van der Waals surface area contributed by atoms with Crippen LogP contribution in [0.3, 0.4) is 0 Å². The zero-order chi connectivity index (χ0) is 5.41. The minimum Gasteiger partial charge on any atom is -0.397 e. The van der Waals surface area contributed by atoms with Gasteiger partial charge >= 0.3 is 0 Å². The molecule has 13 heavy (non-hydrogen) atoms. The summed E-state index contributed by atoms with van der Waals surface area (Å²) in [4.78, 5) is 0. The average molecular weight is 207 g/mol. The van der Waals surface area contributed by atoms with E-state index in [2.05, 4.69) is 0 Å². The molecule has 0 fully saturated rings. The minimum absolute atomic E-state index is 0. The van der Waals surface area contributed by atoms with E-state index in [1.807, 2.05) is 0 Å². The molecule has 0 amide bonds. The van der Waals surface area contributed by atoms with E-state index in [0.717, 1.165) is 0 Å². The molecule has 0 spiro atoms. The molecule has 0 saturated heterocycles. The smallest absolute Gasteiger partial charge is 0.0402 e. The van der Waals surface area contributed by atoms with E-state index >= 15 is 0 Å². The molecule has 0 aliphatic carbocycles. The summed E-state index contributed by atoms with van der Waals surface area (Å²) >= 11 is 0. The third kappa shape index (κ3) is 183000. The van der Waals surface area contributed by atoms with Gasteiger partial charge in [-0.3, -0.25) is 0 Å². The first-order valence-corrected chi connectivity index (χ1v) is 2.05. The second-order valence-electron chi connectivity index (χ2n) is 0.632. The van der Waals surface area contributed by atoms with Gasteiger partial charge in [0.1, 0.15) is 0 Å². The van der Waals surface area contributed by atoms with Crippen molar-refractivity contribution in [3.05, 3.63) is 0 Å². The van der Waals surface area contributed by atoms with E-state index in [-0.39, 0.29) is 66.6 Å². The molecule has 0 atom stereocenters. The minimum atomic E-state index is 0. The van der Waals surface area contributed by atoms with Gasteiger partial charge in [0, 0.05) is 14.6 Å². The van der Waals surface area contributed by atoms with E-state index in [0.29, 0.717) is 0 Å².